The van der Waals surface area contributed by atoms with Crippen molar-refractivity contribution in [2.24, 2.45) is 7.05 Å². The van der Waals surface area contributed by atoms with E-state index in [9.17, 15) is 4.79 Å². The fourth-order valence-electron chi connectivity index (χ4n) is 1.73. The molecule has 0 aromatic carbocycles. The van der Waals surface area contributed by atoms with Crippen molar-refractivity contribution in [1.29, 1.82) is 0 Å². The van der Waals surface area contributed by atoms with Gasteiger partial charge in [0, 0.05) is 31.4 Å². The zero-order valence-corrected chi connectivity index (χ0v) is 11.1. The van der Waals surface area contributed by atoms with Crippen LogP contribution < -0.4 is 10.6 Å². The van der Waals surface area contributed by atoms with Crippen molar-refractivity contribution in [3.05, 3.63) is 17.5 Å². The van der Waals surface area contributed by atoms with Crippen LogP contribution in [0, 0.1) is 6.92 Å². The quantitative estimate of drug-likeness (QED) is 0.774. The van der Waals surface area contributed by atoms with Gasteiger partial charge in [-0.25, -0.2) is 0 Å². The lowest BCUT2D eigenvalue weighted by Crippen LogP contribution is -2.35. The van der Waals surface area contributed by atoms with Crippen molar-refractivity contribution in [2.45, 2.75) is 33.2 Å². The molecule has 0 radical (unpaired) electrons. The Morgan fingerprint density at radius 2 is 2.29 bits per heavy atom. The van der Waals surface area contributed by atoms with Crippen molar-refractivity contribution in [3.63, 3.8) is 0 Å². The van der Waals surface area contributed by atoms with E-state index in [-0.39, 0.29) is 11.9 Å². The second-order valence-corrected chi connectivity index (χ2v) is 4.30. The molecule has 0 aliphatic carbocycles. The van der Waals surface area contributed by atoms with Crippen molar-refractivity contribution in [3.8, 4) is 0 Å². The number of hydrogen-bond acceptors (Lipinski definition) is 3. The summed E-state index contributed by atoms with van der Waals surface area (Å²) in [5.41, 5.74) is 2.14. The second kappa shape index (κ2) is 6.39. The van der Waals surface area contributed by atoms with Gasteiger partial charge in [0.1, 0.15) is 0 Å². The highest BCUT2D eigenvalue weighted by Crippen LogP contribution is 2.14. The molecule has 2 N–H and O–H groups in total. The number of carbonyl (C=O) groups is 1. The number of carbonyl (C=O) groups excluding carboxylic acids is 1. The van der Waals surface area contributed by atoms with Gasteiger partial charge < -0.3 is 10.6 Å². The Hall–Kier alpha value is -1.36. The fraction of sp³-hybridized carbons (Fsp3) is 0.667. The lowest BCUT2D eigenvalue weighted by Gasteiger charge is -2.12. The molecule has 0 aliphatic heterocycles. The van der Waals surface area contributed by atoms with E-state index in [1.54, 1.807) is 4.68 Å². The van der Waals surface area contributed by atoms with Gasteiger partial charge in [-0.15, -0.1) is 0 Å². The van der Waals surface area contributed by atoms with Crippen LogP contribution in [0.2, 0.25) is 0 Å². The molecular weight excluding hydrogens is 216 g/mol. The molecule has 0 bridgehead atoms. The fourth-order valence-corrected chi connectivity index (χ4v) is 1.73. The van der Waals surface area contributed by atoms with E-state index in [1.807, 2.05) is 34.0 Å². The van der Waals surface area contributed by atoms with Gasteiger partial charge in [-0.3, -0.25) is 9.48 Å². The lowest BCUT2D eigenvalue weighted by atomic mass is 10.1. The summed E-state index contributed by atoms with van der Waals surface area (Å²) in [5.74, 6) is 0.0419. The molecule has 96 valence electrons. The van der Waals surface area contributed by atoms with E-state index in [4.69, 9.17) is 0 Å². The summed E-state index contributed by atoms with van der Waals surface area (Å²) in [6.45, 7) is 7.13. The second-order valence-electron chi connectivity index (χ2n) is 4.30. The molecule has 1 amide bonds. The summed E-state index contributed by atoms with van der Waals surface area (Å²) in [6, 6.07) is 0.135. The van der Waals surface area contributed by atoms with E-state index < -0.39 is 0 Å². The minimum absolute atomic E-state index is 0.0419. The van der Waals surface area contributed by atoms with E-state index in [0.717, 1.165) is 24.2 Å². The number of nitrogens with one attached hydrogen (secondary N) is 2. The van der Waals surface area contributed by atoms with Crippen LogP contribution in [-0.2, 0) is 11.8 Å². The van der Waals surface area contributed by atoms with E-state index in [0.29, 0.717) is 6.54 Å². The smallest absolute Gasteiger partial charge is 0.233 e. The molecule has 1 rings (SSSR count). The molecule has 1 atom stereocenters. The highest BCUT2D eigenvalue weighted by Gasteiger charge is 2.12. The highest BCUT2D eigenvalue weighted by atomic mass is 16.1. The Bertz CT molecular complexity index is 373. The monoisotopic (exact) mass is 238 g/mol. The number of hydrogen-bond donors (Lipinski definition) is 2. The molecular formula is C12H22N4O. The number of amides is 1. The van der Waals surface area contributed by atoms with Crippen molar-refractivity contribution in [2.75, 3.05) is 13.1 Å². The zero-order valence-electron chi connectivity index (χ0n) is 11.1. The van der Waals surface area contributed by atoms with Crippen molar-refractivity contribution in [1.82, 2.24) is 20.4 Å². The van der Waals surface area contributed by atoms with Crippen LogP contribution >= 0.6 is 0 Å². The van der Waals surface area contributed by atoms with Crippen LogP contribution in [0.15, 0.2) is 6.20 Å². The van der Waals surface area contributed by atoms with Crippen LogP contribution in [0.1, 0.15) is 37.6 Å². The Balaban J connectivity index is 2.42. The number of aromatic nitrogens is 2. The lowest BCUT2D eigenvalue weighted by molar-refractivity contribution is -0.120. The van der Waals surface area contributed by atoms with E-state index in [2.05, 4.69) is 15.7 Å². The molecule has 1 aromatic heterocycles. The van der Waals surface area contributed by atoms with Gasteiger partial charge in [-0.2, -0.15) is 5.10 Å². The van der Waals surface area contributed by atoms with Gasteiger partial charge in [0.2, 0.25) is 5.91 Å². The summed E-state index contributed by atoms with van der Waals surface area (Å²) in [4.78, 5) is 11.4. The van der Waals surface area contributed by atoms with Gasteiger partial charge in [-0.1, -0.05) is 6.92 Å². The zero-order chi connectivity index (χ0) is 12.8. The van der Waals surface area contributed by atoms with Gasteiger partial charge in [-0.05, 0) is 20.3 Å². The molecule has 0 aliphatic rings. The van der Waals surface area contributed by atoms with Gasteiger partial charge >= 0.3 is 0 Å². The maximum absolute atomic E-state index is 11.4. The number of nitrogens with zero attached hydrogens (tertiary/aromatic N) is 2. The molecule has 5 heteroatoms. The SMILES string of the molecule is CCCNC(=O)CNC(C)c1cn(C)nc1C. The largest absolute Gasteiger partial charge is 0.355 e. The minimum Gasteiger partial charge on any atom is -0.355 e. The molecule has 0 saturated carbocycles. The third-order valence-corrected chi connectivity index (χ3v) is 2.66. The third kappa shape index (κ3) is 4.19. The molecule has 5 nitrogen and oxygen atoms in total. The average molecular weight is 238 g/mol. The molecule has 0 spiro atoms. The summed E-state index contributed by atoms with van der Waals surface area (Å²) in [7, 11) is 1.90. The number of aryl methyl sites for hydroxylation is 2. The molecule has 17 heavy (non-hydrogen) atoms. The first-order chi connectivity index (χ1) is 8.04. The van der Waals surface area contributed by atoms with Gasteiger partial charge in [0.25, 0.3) is 0 Å². The first-order valence-corrected chi connectivity index (χ1v) is 6.04. The van der Waals surface area contributed by atoms with Crippen molar-refractivity contribution >= 4 is 5.91 Å². The maximum Gasteiger partial charge on any atom is 0.233 e. The Labute approximate surface area is 103 Å². The van der Waals surface area contributed by atoms with Crippen molar-refractivity contribution < 1.29 is 4.79 Å². The summed E-state index contributed by atoms with van der Waals surface area (Å²) in [5, 5.41) is 10.3. The Kier molecular flexibility index (Phi) is 5.15. The maximum atomic E-state index is 11.4. The molecule has 0 saturated heterocycles. The molecule has 1 aromatic rings. The van der Waals surface area contributed by atoms with Gasteiger partial charge in [0.05, 0.1) is 12.2 Å². The van der Waals surface area contributed by atoms with Crippen LogP contribution in [0.4, 0.5) is 0 Å². The first kappa shape index (κ1) is 13.7. The minimum atomic E-state index is 0.0419. The summed E-state index contributed by atoms with van der Waals surface area (Å²) < 4.78 is 1.79. The third-order valence-electron chi connectivity index (χ3n) is 2.66. The first-order valence-electron chi connectivity index (χ1n) is 6.04. The number of rotatable bonds is 6. The molecule has 1 heterocycles. The topological polar surface area (TPSA) is 59.0 Å². The Morgan fingerprint density at radius 1 is 1.59 bits per heavy atom. The van der Waals surface area contributed by atoms with E-state index >= 15 is 0 Å². The van der Waals surface area contributed by atoms with Crippen LogP contribution in [-0.4, -0.2) is 28.8 Å². The van der Waals surface area contributed by atoms with E-state index in [1.165, 1.54) is 0 Å². The normalized spacial score (nSPS) is 12.5. The standard InChI is InChI=1S/C12H22N4O/c1-5-6-13-12(17)7-14-9(2)11-8-16(4)15-10(11)3/h8-9,14H,5-7H2,1-4H3,(H,13,17). The average Bonchev–Trinajstić information content (AvgIpc) is 2.62. The summed E-state index contributed by atoms with van der Waals surface area (Å²) in [6.07, 6.45) is 2.94. The van der Waals surface area contributed by atoms with Crippen LogP contribution in [0.5, 0.6) is 0 Å². The van der Waals surface area contributed by atoms with Crippen LogP contribution in [0.25, 0.3) is 0 Å². The molecule has 1 unspecified atom stereocenters. The summed E-state index contributed by atoms with van der Waals surface area (Å²) >= 11 is 0. The van der Waals surface area contributed by atoms with Gasteiger partial charge in [0.15, 0.2) is 0 Å². The highest BCUT2D eigenvalue weighted by molar-refractivity contribution is 5.77. The Morgan fingerprint density at radius 3 is 2.82 bits per heavy atom. The molecule has 0 fully saturated rings. The predicted octanol–water partition coefficient (Wildman–Crippen LogP) is 0.905. The predicted molar refractivity (Wildman–Crippen MR) is 67.7 cm³/mol. The van der Waals surface area contributed by atoms with Crippen LogP contribution in [0.3, 0.4) is 0 Å².